The van der Waals surface area contributed by atoms with Gasteiger partial charge in [0.1, 0.15) is 5.75 Å². The maximum atomic E-state index is 11.9. The summed E-state index contributed by atoms with van der Waals surface area (Å²) in [6.07, 6.45) is 1.82. The van der Waals surface area contributed by atoms with E-state index in [2.05, 4.69) is 17.6 Å². The van der Waals surface area contributed by atoms with Gasteiger partial charge in [0.15, 0.2) is 0 Å². The Morgan fingerprint density at radius 1 is 1.25 bits per heavy atom. The summed E-state index contributed by atoms with van der Waals surface area (Å²) in [6, 6.07) is 6.54. The molecule has 0 saturated heterocycles. The van der Waals surface area contributed by atoms with E-state index in [1.165, 1.54) is 0 Å². The molecule has 0 fully saturated rings. The van der Waals surface area contributed by atoms with Crippen molar-refractivity contribution in [2.45, 2.75) is 33.1 Å². The number of carboxylic acids is 1. The first kappa shape index (κ1) is 19.8. The second kappa shape index (κ2) is 9.77. The minimum absolute atomic E-state index is 0.0554. The normalized spacial score (nSPS) is 13.0. The van der Waals surface area contributed by atoms with Crippen molar-refractivity contribution in [3.05, 3.63) is 24.3 Å². The fourth-order valence-corrected chi connectivity index (χ4v) is 1.98. The average molecular weight is 338 g/mol. The number of benzene rings is 1. The smallest absolute Gasteiger partial charge is 0.319 e. The summed E-state index contributed by atoms with van der Waals surface area (Å²) >= 11 is 0. The fraction of sp³-hybridized carbons (Fsp3) is 0.529. The van der Waals surface area contributed by atoms with E-state index in [9.17, 15) is 14.7 Å². The van der Waals surface area contributed by atoms with Crippen molar-refractivity contribution in [1.82, 2.24) is 5.32 Å². The predicted octanol–water partition coefficient (Wildman–Crippen LogP) is 2.46. The van der Waals surface area contributed by atoms with E-state index >= 15 is 0 Å². The first-order valence-corrected chi connectivity index (χ1v) is 7.99. The van der Waals surface area contributed by atoms with E-state index in [1.807, 2.05) is 0 Å². The molecule has 0 aromatic heterocycles. The van der Waals surface area contributed by atoms with Crippen molar-refractivity contribution in [1.29, 1.82) is 0 Å². The molecule has 0 heterocycles. The van der Waals surface area contributed by atoms with Crippen LogP contribution in [0.15, 0.2) is 24.3 Å². The molecule has 0 aliphatic heterocycles. The number of hydrogen-bond acceptors (Lipinski definition) is 4. The minimum Gasteiger partial charge on any atom is -0.494 e. The third-order valence-corrected chi connectivity index (χ3v) is 3.51. The lowest BCUT2D eigenvalue weighted by molar-refractivity contribution is -0.140. The van der Waals surface area contributed by atoms with Crippen LogP contribution in [0.25, 0.3) is 0 Å². The Morgan fingerprint density at radius 2 is 1.92 bits per heavy atom. The monoisotopic (exact) mass is 338 g/mol. The molecule has 0 bridgehead atoms. The molecule has 0 radical (unpaired) electrons. The Morgan fingerprint density at radius 3 is 2.46 bits per heavy atom. The van der Waals surface area contributed by atoms with Gasteiger partial charge in [0, 0.05) is 17.6 Å². The van der Waals surface area contributed by atoms with Crippen LogP contribution < -0.4 is 15.4 Å². The molecule has 7 nitrogen and oxygen atoms in total. The molecule has 24 heavy (non-hydrogen) atoms. The number of anilines is 1. The lowest BCUT2D eigenvalue weighted by Crippen LogP contribution is -2.41. The second-order valence-electron chi connectivity index (χ2n) is 6.07. The lowest BCUT2D eigenvalue weighted by Gasteiger charge is -2.25. The maximum absolute atomic E-state index is 11.9. The van der Waals surface area contributed by atoms with Crippen LogP contribution in [-0.4, -0.2) is 42.0 Å². The van der Waals surface area contributed by atoms with Gasteiger partial charge in [-0.25, -0.2) is 4.79 Å². The van der Waals surface area contributed by atoms with Crippen molar-refractivity contribution < 1.29 is 24.5 Å². The number of aliphatic hydroxyl groups is 1. The molecular formula is C17H26N2O5. The zero-order valence-corrected chi connectivity index (χ0v) is 14.2. The van der Waals surface area contributed by atoms with E-state index in [0.717, 1.165) is 18.6 Å². The van der Waals surface area contributed by atoms with E-state index < -0.39 is 17.4 Å². The molecule has 0 spiro atoms. The molecule has 7 heteroatoms. The van der Waals surface area contributed by atoms with Gasteiger partial charge in [-0.05, 0) is 30.7 Å². The van der Waals surface area contributed by atoms with Gasteiger partial charge >= 0.3 is 12.0 Å². The van der Waals surface area contributed by atoms with Gasteiger partial charge in [-0.1, -0.05) is 20.3 Å². The number of ether oxygens (including phenoxy) is 1. The molecule has 0 saturated carbocycles. The number of unbranched alkanes of at least 4 members (excludes halogenated alkanes) is 1. The van der Waals surface area contributed by atoms with Gasteiger partial charge < -0.3 is 25.6 Å². The maximum Gasteiger partial charge on any atom is 0.319 e. The summed E-state index contributed by atoms with van der Waals surface area (Å²) in [5, 5.41) is 23.4. The van der Waals surface area contributed by atoms with Crippen LogP contribution in [0, 0.1) is 5.41 Å². The highest BCUT2D eigenvalue weighted by atomic mass is 16.5. The van der Waals surface area contributed by atoms with Crippen LogP contribution in [0.3, 0.4) is 0 Å². The first-order valence-electron chi connectivity index (χ1n) is 7.99. The average Bonchev–Trinajstić information content (AvgIpc) is 2.54. The number of nitrogens with one attached hydrogen (secondary N) is 2. The quantitative estimate of drug-likeness (QED) is 0.490. The van der Waals surface area contributed by atoms with Gasteiger partial charge in [-0.2, -0.15) is 0 Å². The summed E-state index contributed by atoms with van der Waals surface area (Å²) in [7, 11) is 0. The summed E-state index contributed by atoms with van der Waals surface area (Å²) in [4.78, 5) is 22.7. The zero-order valence-electron chi connectivity index (χ0n) is 14.2. The number of amides is 2. The standard InChI is InChI=1S/C17H26N2O5/c1-3-4-9-24-14-7-5-13(6-8-14)19-16(23)18-11-17(2,12-20)10-15(21)22/h5-8,20H,3-4,9-12H2,1-2H3,(H,21,22)(H2,18,19,23). The molecular weight excluding hydrogens is 312 g/mol. The van der Waals surface area contributed by atoms with Crippen molar-refractivity contribution in [3.8, 4) is 5.75 Å². The third-order valence-electron chi connectivity index (χ3n) is 3.51. The Labute approximate surface area is 142 Å². The lowest BCUT2D eigenvalue weighted by atomic mass is 9.88. The van der Waals surface area contributed by atoms with Crippen LogP contribution in [0.5, 0.6) is 5.75 Å². The molecule has 2 amide bonds. The summed E-state index contributed by atoms with van der Waals surface area (Å²) < 4.78 is 5.54. The van der Waals surface area contributed by atoms with E-state index in [-0.39, 0.29) is 19.6 Å². The van der Waals surface area contributed by atoms with Crippen LogP contribution in [0.1, 0.15) is 33.1 Å². The van der Waals surface area contributed by atoms with Gasteiger partial charge in [-0.3, -0.25) is 4.79 Å². The fourth-order valence-electron chi connectivity index (χ4n) is 1.98. The number of aliphatic hydroxyl groups excluding tert-OH is 1. The number of carbonyl (C=O) groups is 2. The van der Waals surface area contributed by atoms with Gasteiger partial charge in [0.25, 0.3) is 0 Å². The van der Waals surface area contributed by atoms with Gasteiger partial charge in [0.05, 0.1) is 19.6 Å². The Bertz CT molecular complexity index is 532. The molecule has 0 aliphatic rings. The molecule has 4 N–H and O–H groups in total. The largest absolute Gasteiger partial charge is 0.494 e. The number of hydrogen-bond donors (Lipinski definition) is 4. The first-order chi connectivity index (χ1) is 11.4. The highest BCUT2D eigenvalue weighted by molar-refractivity contribution is 5.89. The van der Waals surface area contributed by atoms with Crippen molar-refractivity contribution in [2.24, 2.45) is 5.41 Å². The molecule has 1 rings (SSSR count). The molecule has 134 valence electrons. The molecule has 0 aliphatic carbocycles. The molecule has 1 aromatic rings. The number of aliphatic carboxylic acids is 1. The van der Waals surface area contributed by atoms with Crippen LogP contribution in [0.2, 0.25) is 0 Å². The van der Waals surface area contributed by atoms with Crippen LogP contribution in [0.4, 0.5) is 10.5 Å². The zero-order chi connectivity index (χ0) is 18.0. The van der Waals surface area contributed by atoms with E-state index in [0.29, 0.717) is 12.3 Å². The Hall–Kier alpha value is -2.28. The highest BCUT2D eigenvalue weighted by Crippen LogP contribution is 2.19. The number of carboxylic acid groups (broad SMARTS) is 1. The topological polar surface area (TPSA) is 108 Å². The summed E-state index contributed by atoms with van der Waals surface area (Å²) in [5.41, 5.74) is -0.306. The summed E-state index contributed by atoms with van der Waals surface area (Å²) in [5.74, 6) is -0.281. The Balaban J connectivity index is 2.45. The molecule has 1 unspecified atom stereocenters. The molecule has 1 atom stereocenters. The second-order valence-corrected chi connectivity index (χ2v) is 6.07. The predicted molar refractivity (Wildman–Crippen MR) is 91.3 cm³/mol. The third kappa shape index (κ3) is 7.32. The number of urea groups is 1. The van der Waals surface area contributed by atoms with Crippen LogP contribution in [-0.2, 0) is 4.79 Å². The van der Waals surface area contributed by atoms with E-state index in [4.69, 9.17) is 9.84 Å². The minimum atomic E-state index is -1.02. The number of rotatable bonds is 10. The number of carbonyl (C=O) groups excluding carboxylic acids is 1. The summed E-state index contributed by atoms with van der Waals surface area (Å²) in [6.45, 7) is 4.08. The highest BCUT2D eigenvalue weighted by Gasteiger charge is 2.27. The van der Waals surface area contributed by atoms with E-state index in [1.54, 1.807) is 31.2 Å². The molecule has 1 aromatic carbocycles. The van der Waals surface area contributed by atoms with Crippen LogP contribution >= 0.6 is 0 Å². The van der Waals surface area contributed by atoms with Gasteiger partial charge in [0.2, 0.25) is 0 Å². The van der Waals surface area contributed by atoms with Crippen molar-refractivity contribution >= 4 is 17.7 Å². The SMILES string of the molecule is CCCCOc1ccc(NC(=O)NCC(C)(CO)CC(=O)O)cc1. The van der Waals surface area contributed by atoms with Crippen molar-refractivity contribution in [2.75, 3.05) is 25.1 Å². The van der Waals surface area contributed by atoms with Crippen molar-refractivity contribution in [3.63, 3.8) is 0 Å². The Kier molecular flexibility index (Phi) is 8.05. The van der Waals surface area contributed by atoms with Gasteiger partial charge in [-0.15, -0.1) is 0 Å².